The number of carbonyl (C=O) groups excluding carboxylic acids is 2. The number of nitrogens with zero attached hydrogens (tertiary/aromatic N) is 1. The Kier molecular flexibility index (Phi) is 8.10. The third kappa shape index (κ3) is 6.54. The molecule has 0 spiro atoms. The van der Waals surface area contributed by atoms with Gasteiger partial charge in [0.15, 0.2) is 0 Å². The Balaban J connectivity index is 1.84. The quantitative estimate of drug-likeness (QED) is 0.527. The number of esters is 1. The minimum Gasteiger partial charge on any atom is -0.462 e. The number of anilines is 1. The summed E-state index contributed by atoms with van der Waals surface area (Å²) in [5.41, 5.74) is 0.328. The molecule has 0 saturated carbocycles. The zero-order chi connectivity index (χ0) is 19.7. The summed E-state index contributed by atoms with van der Waals surface area (Å²) in [4.78, 5) is 26.0. The van der Waals surface area contributed by atoms with Gasteiger partial charge >= 0.3 is 12.0 Å². The van der Waals surface area contributed by atoms with Crippen LogP contribution in [0.4, 0.5) is 10.5 Å². The lowest BCUT2D eigenvalue weighted by molar-refractivity contribution is -0.0197. The van der Waals surface area contributed by atoms with Gasteiger partial charge in [0.1, 0.15) is 0 Å². The third-order valence-electron chi connectivity index (χ3n) is 5.10. The van der Waals surface area contributed by atoms with Crippen LogP contribution in [0.1, 0.15) is 69.2 Å². The molecule has 2 amide bonds. The summed E-state index contributed by atoms with van der Waals surface area (Å²) in [6, 6.07) is 6.53. The van der Waals surface area contributed by atoms with Gasteiger partial charge in [-0.05, 0) is 44.4 Å². The second kappa shape index (κ2) is 10.3. The fourth-order valence-electron chi connectivity index (χ4n) is 3.40. The van der Waals surface area contributed by atoms with Crippen molar-refractivity contribution < 1.29 is 19.4 Å². The molecule has 0 atom stereocenters. The second-order valence-electron chi connectivity index (χ2n) is 7.25. The van der Waals surface area contributed by atoms with E-state index in [9.17, 15) is 14.7 Å². The SMILES string of the molecule is CCCCCCC1(O)CCN(C(=O)Nc2cccc(C(=O)OCC)c2)CC1. The van der Waals surface area contributed by atoms with Crippen molar-refractivity contribution in [3.8, 4) is 0 Å². The van der Waals surface area contributed by atoms with Crippen molar-refractivity contribution in [3.05, 3.63) is 29.8 Å². The number of unbranched alkanes of at least 4 members (excludes halogenated alkanes) is 3. The number of urea groups is 1. The number of ether oxygens (including phenoxy) is 1. The van der Waals surface area contributed by atoms with Crippen LogP contribution < -0.4 is 5.32 Å². The van der Waals surface area contributed by atoms with Crippen molar-refractivity contribution in [2.45, 2.75) is 64.4 Å². The number of rotatable bonds is 8. The lowest BCUT2D eigenvalue weighted by Crippen LogP contribution is -2.48. The van der Waals surface area contributed by atoms with Crippen molar-refractivity contribution in [2.24, 2.45) is 0 Å². The number of hydrogen-bond donors (Lipinski definition) is 2. The fraction of sp³-hybridized carbons (Fsp3) is 0.619. The molecule has 6 nitrogen and oxygen atoms in total. The molecule has 6 heteroatoms. The third-order valence-corrected chi connectivity index (χ3v) is 5.10. The van der Waals surface area contributed by atoms with E-state index in [1.54, 1.807) is 36.1 Å². The van der Waals surface area contributed by atoms with Crippen molar-refractivity contribution in [1.82, 2.24) is 4.90 Å². The van der Waals surface area contributed by atoms with Crippen LogP contribution in [0.5, 0.6) is 0 Å². The number of carbonyl (C=O) groups is 2. The molecule has 0 aromatic heterocycles. The van der Waals surface area contributed by atoms with Crippen LogP contribution in [0.3, 0.4) is 0 Å². The average molecular weight is 376 g/mol. The summed E-state index contributed by atoms with van der Waals surface area (Å²) in [6.45, 7) is 5.31. The normalized spacial score (nSPS) is 16.0. The van der Waals surface area contributed by atoms with E-state index in [4.69, 9.17) is 4.74 Å². The summed E-state index contributed by atoms with van der Waals surface area (Å²) >= 11 is 0. The van der Waals surface area contributed by atoms with Gasteiger partial charge < -0.3 is 20.1 Å². The number of likely N-dealkylation sites (tertiary alicyclic amines) is 1. The lowest BCUT2D eigenvalue weighted by atomic mass is 9.86. The molecule has 2 rings (SSSR count). The molecule has 0 radical (unpaired) electrons. The number of hydrogen-bond acceptors (Lipinski definition) is 4. The van der Waals surface area contributed by atoms with Crippen molar-refractivity contribution in [3.63, 3.8) is 0 Å². The molecule has 1 aliphatic rings. The number of nitrogens with one attached hydrogen (secondary N) is 1. The van der Waals surface area contributed by atoms with Gasteiger partial charge in [0, 0.05) is 18.8 Å². The van der Waals surface area contributed by atoms with Crippen molar-refractivity contribution in [2.75, 3.05) is 25.0 Å². The minimum atomic E-state index is -0.644. The highest BCUT2D eigenvalue weighted by Gasteiger charge is 2.33. The Hall–Kier alpha value is -2.08. The molecule has 1 heterocycles. The van der Waals surface area contributed by atoms with E-state index in [1.807, 2.05) is 0 Å². The van der Waals surface area contributed by atoms with Crippen LogP contribution in [0.2, 0.25) is 0 Å². The first-order valence-corrected chi connectivity index (χ1v) is 10.0. The van der Waals surface area contributed by atoms with E-state index < -0.39 is 11.6 Å². The second-order valence-corrected chi connectivity index (χ2v) is 7.25. The fourth-order valence-corrected chi connectivity index (χ4v) is 3.40. The number of benzene rings is 1. The highest BCUT2D eigenvalue weighted by Crippen LogP contribution is 2.28. The average Bonchev–Trinajstić information content (AvgIpc) is 2.66. The molecule has 150 valence electrons. The maximum absolute atomic E-state index is 12.5. The molecule has 1 fully saturated rings. The maximum Gasteiger partial charge on any atom is 0.338 e. The van der Waals surface area contributed by atoms with Crippen LogP contribution in [0.25, 0.3) is 0 Å². The van der Waals surface area contributed by atoms with Gasteiger partial charge in [0.25, 0.3) is 0 Å². The van der Waals surface area contributed by atoms with E-state index >= 15 is 0 Å². The summed E-state index contributed by atoms with van der Waals surface area (Å²) in [5.74, 6) is -0.403. The summed E-state index contributed by atoms with van der Waals surface area (Å²) in [6.07, 6.45) is 6.60. The molecule has 27 heavy (non-hydrogen) atoms. The van der Waals surface area contributed by atoms with Crippen molar-refractivity contribution in [1.29, 1.82) is 0 Å². The van der Waals surface area contributed by atoms with E-state index in [-0.39, 0.29) is 6.03 Å². The van der Waals surface area contributed by atoms with Crippen LogP contribution in [-0.4, -0.2) is 47.3 Å². The molecule has 2 N–H and O–H groups in total. The minimum absolute atomic E-state index is 0.205. The molecule has 0 aliphatic carbocycles. The van der Waals surface area contributed by atoms with E-state index in [1.165, 1.54) is 12.8 Å². The summed E-state index contributed by atoms with van der Waals surface area (Å²) in [5, 5.41) is 13.5. The van der Waals surface area contributed by atoms with E-state index in [0.717, 1.165) is 19.3 Å². The van der Waals surface area contributed by atoms with E-state index in [2.05, 4.69) is 12.2 Å². The van der Waals surface area contributed by atoms with Gasteiger partial charge in [0.2, 0.25) is 0 Å². The zero-order valence-electron chi connectivity index (χ0n) is 16.5. The van der Waals surface area contributed by atoms with Crippen LogP contribution in [-0.2, 0) is 4.74 Å². The molecule has 1 aromatic carbocycles. The Morgan fingerprint density at radius 3 is 2.59 bits per heavy atom. The predicted octanol–water partition coefficient (Wildman–Crippen LogP) is 4.19. The van der Waals surface area contributed by atoms with Gasteiger partial charge in [-0.1, -0.05) is 38.7 Å². The highest BCUT2D eigenvalue weighted by molar-refractivity contribution is 5.94. The Labute approximate surface area is 161 Å². The number of piperidine rings is 1. The van der Waals surface area contributed by atoms with Gasteiger partial charge in [0.05, 0.1) is 17.8 Å². The maximum atomic E-state index is 12.5. The number of amides is 2. The summed E-state index contributed by atoms with van der Waals surface area (Å²) in [7, 11) is 0. The highest BCUT2D eigenvalue weighted by atomic mass is 16.5. The summed E-state index contributed by atoms with van der Waals surface area (Å²) < 4.78 is 4.98. The monoisotopic (exact) mass is 376 g/mol. The van der Waals surface area contributed by atoms with Gasteiger partial charge in [-0.25, -0.2) is 9.59 Å². The zero-order valence-corrected chi connectivity index (χ0v) is 16.5. The molecular formula is C21H32N2O4. The molecule has 1 aliphatic heterocycles. The molecule has 0 bridgehead atoms. The number of aliphatic hydroxyl groups is 1. The standard InChI is InChI=1S/C21H32N2O4/c1-3-5-6-7-11-21(26)12-14-23(15-13-21)20(25)22-18-10-8-9-17(16-18)19(24)27-4-2/h8-10,16,26H,3-7,11-15H2,1-2H3,(H,22,25). The molecular weight excluding hydrogens is 344 g/mol. The van der Waals surface area contributed by atoms with Gasteiger partial charge in [-0.2, -0.15) is 0 Å². The Morgan fingerprint density at radius 2 is 1.93 bits per heavy atom. The molecule has 0 unspecified atom stereocenters. The van der Waals surface area contributed by atoms with Gasteiger partial charge in [-0.15, -0.1) is 0 Å². The lowest BCUT2D eigenvalue weighted by Gasteiger charge is -2.38. The van der Waals surface area contributed by atoms with Crippen LogP contribution >= 0.6 is 0 Å². The molecule has 1 saturated heterocycles. The van der Waals surface area contributed by atoms with Gasteiger partial charge in [-0.3, -0.25) is 0 Å². The Morgan fingerprint density at radius 1 is 1.19 bits per heavy atom. The first-order valence-electron chi connectivity index (χ1n) is 10.0. The van der Waals surface area contributed by atoms with Crippen molar-refractivity contribution >= 4 is 17.7 Å². The topological polar surface area (TPSA) is 78.9 Å². The Bertz CT molecular complexity index is 624. The van der Waals surface area contributed by atoms with Crippen LogP contribution in [0, 0.1) is 0 Å². The molecule has 1 aromatic rings. The van der Waals surface area contributed by atoms with E-state index in [0.29, 0.717) is 43.8 Å². The van der Waals surface area contributed by atoms with Crippen LogP contribution in [0.15, 0.2) is 24.3 Å². The smallest absolute Gasteiger partial charge is 0.338 e. The largest absolute Gasteiger partial charge is 0.462 e. The predicted molar refractivity (Wildman–Crippen MR) is 106 cm³/mol. The first kappa shape index (κ1) is 21.2. The first-order chi connectivity index (χ1) is 13.0.